The average molecular weight is 835 g/mol. The van der Waals surface area contributed by atoms with Gasteiger partial charge in [-0.3, -0.25) is 4.57 Å². The lowest BCUT2D eigenvalue weighted by molar-refractivity contribution is 0.668. The summed E-state index contributed by atoms with van der Waals surface area (Å²) in [5, 5.41) is 11.4. The molecule has 1 aliphatic rings. The Balaban J connectivity index is 1.07. The summed E-state index contributed by atoms with van der Waals surface area (Å²) < 4.78 is 17.7. The van der Waals surface area contributed by atoms with Crippen LogP contribution in [0.3, 0.4) is 0 Å². The van der Waals surface area contributed by atoms with E-state index in [1.165, 1.54) is 21.5 Å². The van der Waals surface area contributed by atoms with Crippen molar-refractivity contribution in [2.24, 2.45) is 15.9 Å². The molecule has 0 amide bonds. The van der Waals surface area contributed by atoms with Crippen molar-refractivity contribution >= 4 is 116 Å². The first-order chi connectivity index (χ1) is 32.1. The van der Waals surface area contributed by atoms with Crippen molar-refractivity contribution in [3.05, 3.63) is 205 Å². The van der Waals surface area contributed by atoms with Crippen molar-refractivity contribution in [1.82, 2.24) is 9.13 Å². The van der Waals surface area contributed by atoms with Gasteiger partial charge in [-0.1, -0.05) is 128 Å². The lowest BCUT2D eigenvalue weighted by atomic mass is 9.90. The standard InChI is InChI=1S/C59H38N4O2/c1-35-26-28-48(38-27-29-55-46(31-38)43-19-7-12-24-53(43)64-55)60-59(63-50-22-10-4-16-40(50)41-17-5-11-23-51(41)63)61-58(35)47-33-39(34-56-57(47)44-20-8-13-25-54(44)65-56)62-49-21-9-6-18-42(49)45-30-36-14-2-3-15-37(36)32-52(45)62/h2-25,27-35H,26H2,1H3/b48-28+,60-59+,61-58+. The Bertz CT molecular complexity index is 4190. The highest BCUT2D eigenvalue weighted by Gasteiger charge is 2.26. The second-order valence-electron chi connectivity index (χ2n) is 17.3. The molecule has 306 valence electrons. The Hall–Kier alpha value is -8.48. The first kappa shape index (κ1) is 36.0. The lowest BCUT2D eigenvalue weighted by Crippen LogP contribution is -2.20. The lowest BCUT2D eigenvalue weighted by Gasteiger charge is -2.21. The van der Waals surface area contributed by atoms with Crippen molar-refractivity contribution in [3.63, 3.8) is 0 Å². The van der Waals surface area contributed by atoms with Crippen LogP contribution in [0.5, 0.6) is 0 Å². The highest BCUT2D eigenvalue weighted by molar-refractivity contribution is 6.24. The Morgan fingerprint density at radius 1 is 0.446 bits per heavy atom. The van der Waals surface area contributed by atoms with Gasteiger partial charge in [-0.05, 0) is 83.9 Å². The van der Waals surface area contributed by atoms with Crippen molar-refractivity contribution < 1.29 is 8.83 Å². The zero-order chi connectivity index (χ0) is 42.8. The molecule has 0 aliphatic carbocycles. The maximum Gasteiger partial charge on any atom is 0.235 e. The number of rotatable bonds is 3. The van der Waals surface area contributed by atoms with Crippen LogP contribution >= 0.6 is 0 Å². The topological polar surface area (TPSA) is 60.9 Å². The predicted octanol–water partition coefficient (Wildman–Crippen LogP) is 15.6. The van der Waals surface area contributed by atoms with E-state index in [1.54, 1.807) is 0 Å². The van der Waals surface area contributed by atoms with Gasteiger partial charge in [0.05, 0.1) is 39.2 Å². The van der Waals surface area contributed by atoms with E-state index in [2.05, 4.69) is 192 Å². The minimum atomic E-state index is -0.0173. The van der Waals surface area contributed by atoms with Crippen LogP contribution in [-0.2, 0) is 0 Å². The molecule has 4 aromatic heterocycles. The third-order valence-corrected chi connectivity index (χ3v) is 13.6. The summed E-state index contributed by atoms with van der Waals surface area (Å²) in [7, 11) is 0. The molecular weight excluding hydrogens is 797 g/mol. The van der Waals surface area contributed by atoms with E-state index in [-0.39, 0.29) is 5.92 Å². The third kappa shape index (κ3) is 5.41. The van der Waals surface area contributed by atoms with Crippen molar-refractivity contribution in [1.29, 1.82) is 0 Å². The number of aliphatic imine (C=N–C) groups is 2. The van der Waals surface area contributed by atoms with Crippen LogP contribution < -0.4 is 0 Å². The van der Waals surface area contributed by atoms with E-state index < -0.39 is 0 Å². The second-order valence-corrected chi connectivity index (χ2v) is 17.3. The fourth-order valence-corrected chi connectivity index (χ4v) is 10.5. The normalized spacial score (nSPS) is 17.3. The number of para-hydroxylation sites is 5. The second kappa shape index (κ2) is 13.8. The van der Waals surface area contributed by atoms with Gasteiger partial charge in [-0.2, -0.15) is 0 Å². The summed E-state index contributed by atoms with van der Waals surface area (Å²) in [5.74, 6) is 0.582. The van der Waals surface area contributed by atoms with Gasteiger partial charge in [-0.25, -0.2) is 9.98 Å². The Kier molecular flexibility index (Phi) is 7.63. The van der Waals surface area contributed by atoms with Gasteiger partial charge in [0.1, 0.15) is 22.3 Å². The molecular formula is C59H38N4O2. The van der Waals surface area contributed by atoms with Gasteiger partial charge in [0.25, 0.3) is 0 Å². The Morgan fingerprint density at radius 3 is 1.75 bits per heavy atom. The SMILES string of the molecule is CC1C/C=C(c2ccc3oc4ccccc4c3c2)/N=C(n2c3ccccc3c3ccccc32)\N=C/1c1cc(-n2c3ccccc3c3cc4ccccc4cc32)cc2oc3ccccc3c12. The first-order valence-electron chi connectivity index (χ1n) is 22.3. The number of benzene rings is 9. The minimum Gasteiger partial charge on any atom is -0.456 e. The molecule has 14 rings (SSSR count). The molecule has 1 aliphatic heterocycles. The van der Waals surface area contributed by atoms with Crippen LogP contribution in [0.4, 0.5) is 0 Å². The number of fused-ring (bicyclic) bond motifs is 13. The molecule has 6 heteroatoms. The molecule has 0 bridgehead atoms. The van der Waals surface area contributed by atoms with Crippen molar-refractivity contribution in [2.45, 2.75) is 13.3 Å². The molecule has 13 aromatic rings. The van der Waals surface area contributed by atoms with E-state index in [0.29, 0.717) is 12.4 Å². The molecule has 0 saturated carbocycles. The molecule has 0 fully saturated rings. The van der Waals surface area contributed by atoms with Crippen molar-refractivity contribution in [2.75, 3.05) is 0 Å². The Labute approximate surface area is 372 Å². The third-order valence-electron chi connectivity index (χ3n) is 13.6. The fraction of sp³-hybridized carbons (Fsp3) is 0.0508. The summed E-state index contributed by atoms with van der Waals surface area (Å²) in [6.07, 6.45) is 3.01. The van der Waals surface area contributed by atoms with Crippen LogP contribution in [0.2, 0.25) is 0 Å². The molecule has 0 N–H and O–H groups in total. The largest absolute Gasteiger partial charge is 0.456 e. The van der Waals surface area contributed by atoms with Crippen molar-refractivity contribution in [3.8, 4) is 5.69 Å². The summed E-state index contributed by atoms with van der Waals surface area (Å²) in [5.41, 5.74) is 12.6. The molecule has 65 heavy (non-hydrogen) atoms. The van der Waals surface area contributed by atoms with E-state index in [4.69, 9.17) is 18.8 Å². The number of hydrogen-bond donors (Lipinski definition) is 0. The zero-order valence-corrected chi connectivity index (χ0v) is 35.4. The summed E-state index contributed by atoms with van der Waals surface area (Å²) in [6.45, 7) is 2.29. The van der Waals surface area contributed by atoms with Gasteiger partial charge in [0.2, 0.25) is 5.96 Å². The number of allylic oxidation sites excluding steroid dienone is 1. The molecule has 6 nitrogen and oxygen atoms in total. The van der Waals surface area contributed by atoms with E-state index in [1.807, 2.05) is 18.2 Å². The van der Waals surface area contributed by atoms with Crippen LogP contribution in [-0.4, -0.2) is 20.8 Å². The summed E-state index contributed by atoms with van der Waals surface area (Å²) in [6, 6.07) is 66.7. The maximum atomic E-state index is 6.83. The van der Waals surface area contributed by atoms with E-state index in [9.17, 15) is 0 Å². The molecule has 0 saturated heterocycles. The average Bonchev–Trinajstić information content (AvgIpc) is 4.10. The highest BCUT2D eigenvalue weighted by Crippen LogP contribution is 2.41. The summed E-state index contributed by atoms with van der Waals surface area (Å²) in [4.78, 5) is 11.5. The first-order valence-corrected chi connectivity index (χ1v) is 22.3. The number of aromatic nitrogens is 2. The quantitative estimate of drug-likeness (QED) is 0.178. The van der Waals surface area contributed by atoms with E-state index in [0.717, 1.165) is 105 Å². The minimum absolute atomic E-state index is 0.0173. The summed E-state index contributed by atoms with van der Waals surface area (Å²) >= 11 is 0. The maximum absolute atomic E-state index is 6.83. The van der Waals surface area contributed by atoms with Crippen LogP contribution in [0.15, 0.2) is 213 Å². The monoisotopic (exact) mass is 834 g/mol. The van der Waals surface area contributed by atoms with Gasteiger partial charge in [0, 0.05) is 66.2 Å². The number of furan rings is 2. The molecule has 5 heterocycles. The highest BCUT2D eigenvalue weighted by atomic mass is 16.3. The molecule has 1 unspecified atom stereocenters. The number of nitrogens with zero attached hydrogens (tertiary/aromatic N) is 4. The van der Waals surface area contributed by atoms with Gasteiger partial charge < -0.3 is 13.4 Å². The Morgan fingerprint density at radius 2 is 1.02 bits per heavy atom. The molecule has 0 radical (unpaired) electrons. The van der Waals surface area contributed by atoms with Gasteiger partial charge >= 0.3 is 0 Å². The van der Waals surface area contributed by atoms with Gasteiger partial charge in [-0.15, -0.1) is 0 Å². The number of hydrogen-bond acceptors (Lipinski definition) is 4. The fourth-order valence-electron chi connectivity index (χ4n) is 10.5. The smallest absolute Gasteiger partial charge is 0.235 e. The predicted molar refractivity (Wildman–Crippen MR) is 270 cm³/mol. The van der Waals surface area contributed by atoms with Gasteiger partial charge in [0.15, 0.2) is 0 Å². The van der Waals surface area contributed by atoms with Crippen LogP contribution in [0.1, 0.15) is 24.5 Å². The van der Waals surface area contributed by atoms with E-state index >= 15 is 0 Å². The molecule has 0 spiro atoms. The van der Waals surface area contributed by atoms with Crippen LogP contribution in [0.25, 0.3) is 110 Å². The van der Waals surface area contributed by atoms with Crippen LogP contribution in [0, 0.1) is 5.92 Å². The zero-order valence-electron chi connectivity index (χ0n) is 35.4. The molecule has 9 aromatic carbocycles. The molecule has 1 atom stereocenters.